The second-order valence-corrected chi connectivity index (χ2v) is 9.02. The van der Waals surface area contributed by atoms with Crippen molar-refractivity contribution in [2.75, 3.05) is 0 Å². The van der Waals surface area contributed by atoms with E-state index < -0.39 is 5.60 Å². The second kappa shape index (κ2) is 4.73. The van der Waals surface area contributed by atoms with Gasteiger partial charge in [-0.2, -0.15) is 0 Å². The molecule has 4 aliphatic carbocycles. The van der Waals surface area contributed by atoms with E-state index in [0.717, 1.165) is 38.5 Å². The van der Waals surface area contributed by atoms with Gasteiger partial charge in [0.2, 0.25) is 0 Å². The Morgan fingerprint density at radius 2 is 1.91 bits per heavy atom. The molecule has 0 aromatic carbocycles. The molecule has 7 atom stereocenters. The zero-order valence-electron chi connectivity index (χ0n) is 14.3. The smallest absolute Gasteiger partial charge is 0.155 e. The van der Waals surface area contributed by atoms with E-state index in [1.165, 1.54) is 6.42 Å². The topological polar surface area (TPSA) is 37.3 Å². The number of ketones is 1. The number of rotatable bonds is 0. The number of carbonyl (C=O) groups is 1. The van der Waals surface area contributed by atoms with E-state index in [4.69, 9.17) is 6.42 Å². The largest absolute Gasteiger partial charge is 0.377 e. The Bertz CT molecular complexity index is 614. The Morgan fingerprint density at radius 3 is 2.65 bits per heavy atom. The lowest BCUT2D eigenvalue weighted by Gasteiger charge is -2.59. The lowest BCUT2D eigenvalue weighted by Crippen LogP contribution is -2.55. The van der Waals surface area contributed by atoms with Gasteiger partial charge in [0.15, 0.2) is 5.78 Å². The molecule has 2 nitrogen and oxygen atoms in total. The molecule has 2 heteroatoms. The summed E-state index contributed by atoms with van der Waals surface area (Å²) in [5.74, 6) is 5.38. The minimum Gasteiger partial charge on any atom is -0.377 e. The summed E-state index contributed by atoms with van der Waals surface area (Å²) in [5, 5.41) is 11.0. The summed E-state index contributed by atoms with van der Waals surface area (Å²) in [4.78, 5) is 11.8. The van der Waals surface area contributed by atoms with Crippen LogP contribution in [0.15, 0.2) is 12.2 Å². The molecule has 0 aromatic heterocycles. The second-order valence-electron chi connectivity index (χ2n) is 9.02. The van der Waals surface area contributed by atoms with Gasteiger partial charge in [0.25, 0.3) is 0 Å². The fraction of sp³-hybridized carbons (Fsp3) is 0.762. The Kier molecular flexibility index (Phi) is 3.18. The summed E-state index contributed by atoms with van der Waals surface area (Å²) in [7, 11) is 0. The predicted octanol–water partition coefficient (Wildman–Crippen LogP) is 3.74. The number of aliphatic hydroxyl groups is 1. The van der Waals surface area contributed by atoms with Crippen molar-refractivity contribution >= 4 is 5.78 Å². The van der Waals surface area contributed by atoms with E-state index in [1.54, 1.807) is 0 Å². The molecule has 7 unspecified atom stereocenters. The van der Waals surface area contributed by atoms with Crippen molar-refractivity contribution < 1.29 is 9.90 Å². The summed E-state index contributed by atoms with van der Waals surface area (Å²) >= 11 is 0. The molecule has 0 aliphatic heterocycles. The maximum Gasteiger partial charge on any atom is 0.155 e. The molecule has 0 bridgehead atoms. The van der Waals surface area contributed by atoms with Crippen molar-refractivity contribution in [2.24, 2.45) is 34.5 Å². The van der Waals surface area contributed by atoms with Crippen LogP contribution in [0, 0.1) is 46.8 Å². The van der Waals surface area contributed by atoms with E-state index >= 15 is 0 Å². The highest BCUT2D eigenvalue weighted by molar-refractivity contribution is 5.91. The molecular weight excluding hydrogens is 284 g/mol. The number of hydrogen-bond acceptors (Lipinski definition) is 2. The number of fused-ring (bicyclic) bond motifs is 5. The number of hydrogen-bond donors (Lipinski definition) is 1. The molecule has 0 heterocycles. The lowest BCUT2D eigenvalue weighted by atomic mass is 9.45. The van der Waals surface area contributed by atoms with Gasteiger partial charge in [0, 0.05) is 11.8 Å². The molecular formula is C21H28O2. The molecule has 0 amide bonds. The Hall–Kier alpha value is -1.07. The van der Waals surface area contributed by atoms with Crippen molar-refractivity contribution in [1.29, 1.82) is 0 Å². The molecule has 23 heavy (non-hydrogen) atoms. The number of carbonyl (C=O) groups excluding carboxylic acids is 1. The van der Waals surface area contributed by atoms with Crippen molar-refractivity contribution in [1.82, 2.24) is 0 Å². The van der Waals surface area contributed by atoms with Crippen LogP contribution in [-0.4, -0.2) is 16.5 Å². The van der Waals surface area contributed by atoms with Crippen molar-refractivity contribution in [3.63, 3.8) is 0 Å². The van der Waals surface area contributed by atoms with Crippen molar-refractivity contribution in [3.05, 3.63) is 12.2 Å². The van der Waals surface area contributed by atoms with Crippen molar-refractivity contribution in [3.8, 4) is 12.3 Å². The highest BCUT2D eigenvalue weighted by atomic mass is 16.3. The third kappa shape index (κ3) is 1.84. The Balaban J connectivity index is 1.70. The average Bonchev–Trinajstić information content (AvgIpc) is 2.80. The van der Waals surface area contributed by atoms with Gasteiger partial charge < -0.3 is 5.11 Å². The highest BCUT2D eigenvalue weighted by Crippen LogP contribution is 2.67. The first-order valence-electron chi connectivity index (χ1n) is 9.26. The van der Waals surface area contributed by atoms with E-state index in [-0.39, 0.29) is 10.8 Å². The molecule has 1 N–H and O–H groups in total. The maximum atomic E-state index is 11.8. The average molecular weight is 312 g/mol. The SMILES string of the molecule is C#CC1(O)CCC2C3CCC4CC(=O)C=CC4(C)C3CCC21C. The Morgan fingerprint density at radius 1 is 1.17 bits per heavy atom. The molecule has 0 spiro atoms. The first kappa shape index (κ1) is 15.5. The van der Waals surface area contributed by atoms with E-state index in [9.17, 15) is 9.90 Å². The van der Waals surface area contributed by atoms with Gasteiger partial charge in [0.05, 0.1) is 0 Å². The molecule has 0 radical (unpaired) electrons. The number of terminal acetylenes is 1. The fourth-order valence-corrected chi connectivity index (χ4v) is 6.89. The zero-order valence-corrected chi connectivity index (χ0v) is 14.3. The molecule has 4 rings (SSSR count). The standard InChI is InChI=1S/C21H28O2/c1-4-21(23)12-9-18-16-6-5-14-13-15(22)7-10-19(14,2)17(16)8-11-20(18,21)3/h1,7,10,14,16-18,23H,5-6,8-9,11-13H2,2-3H3. The van der Waals surface area contributed by atoms with Gasteiger partial charge in [-0.25, -0.2) is 0 Å². The summed E-state index contributed by atoms with van der Waals surface area (Å²) < 4.78 is 0. The van der Waals surface area contributed by atoms with Gasteiger partial charge in [-0.1, -0.05) is 25.8 Å². The molecule has 3 saturated carbocycles. The maximum absolute atomic E-state index is 11.8. The van der Waals surface area contributed by atoms with Gasteiger partial charge in [-0.3, -0.25) is 4.79 Å². The summed E-state index contributed by atoms with van der Waals surface area (Å²) in [6.07, 6.45) is 16.8. The third-order valence-corrected chi connectivity index (χ3v) is 8.43. The Labute approximate surface area is 139 Å². The fourth-order valence-electron chi connectivity index (χ4n) is 6.89. The summed E-state index contributed by atoms with van der Waals surface area (Å²) in [6, 6.07) is 0. The molecule has 3 fully saturated rings. The van der Waals surface area contributed by atoms with E-state index in [0.29, 0.717) is 29.5 Å². The first-order valence-corrected chi connectivity index (χ1v) is 9.26. The van der Waals surface area contributed by atoms with Crippen LogP contribution >= 0.6 is 0 Å². The van der Waals surface area contributed by atoms with E-state index in [1.807, 2.05) is 6.08 Å². The third-order valence-electron chi connectivity index (χ3n) is 8.43. The number of allylic oxidation sites excluding steroid dienone is 2. The molecule has 0 saturated heterocycles. The molecule has 124 valence electrons. The van der Waals surface area contributed by atoms with Gasteiger partial charge in [0.1, 0.15) is 5.60 Å². The molecule has 4 aliphatic rings. The monoisotopic (exact) mass is 312 g/mol. The van der Waals surface area contributed by atoms with Crippen molar-refractivity contribution in [2.45, 2.75) is 64.4 Å². The minimum atomic E-state index is -0.918. The normalized spacial score (nSPS) is 54.8. The summed E-state index contributed by atoms with van der Waals surface area (Å²) in [6.45, 7) is 4.61. The predicted molar refractivity (Wildman–Crippen MR) is 90.4 cm³/mol. The van der Waals surface area contributed by atoms with Gasteiger partial charge in [-0.15, -0.1) is 6.42 Å². The van der Waals surface area contributed by atoms with E-state index in [2.05, 4.69) is 25.8 Å². The van der Waals surface area contributed by atoms with Crippen LogP contribution in [0.1, 0.15) is 58.8 Å². The van der Waals surface area contributed by atoms with Crippen LogP contribution in [0.4, 0.5) is 0 Å². The highest BCUT2D eigenvalue weighted by Gasteiger charge is 2.63. The molecule has 0 aromatic rings. The van der Waals surface area contributed by atoms with Crippen LogP contribution in [-0.2, 0) is 4.79 Å². The zero-order chi connectivity index (χ0) is 16.5. The quantitative estimate of drug-likeness (QED) is 0.692. The summed E-state index contributed by atoms with van der Waals surface area (Å²) in [5.41, 5.74) is -0.881. The minimum absolute atomic E-state index is 0.125. The lowest BCUT2D eigenvalue weighted by molar-refractivity contribution is -0.128. The van der Waals surface area contributed by atoms with Gasteiger partial charge in [-0.05, 0) is 73.7 Å². The van der Waals surface area contributed by atoms with Gasteiger partial charge >= 0.3 is 0 Å². The van der Waals surface area contributed by atoms with Crippen LogP contribution < -0.4 is 0 Å². The van der Waals surface area contributed by atoms with Crippen LogP contribution in [0.2, 0.25) is 0 Å². The van der Waals surface area contributed by atoms with Crippen LogP contribution in [0.25, 0.3) is 0 Å². The van der Waals surface area contributed by atoms with Crippen LogP contribution in [0.5, 0.6) is 0 Å². The first-order chi connectivity index (χ1) is 10.8. The van der Waals surface area contributed by atoms with Crippen LogP contribution in [0.3, 0.4) is 0 Å².